The predicted molar refractivity (Wildman–Crippen MR) is 90.7 cm³/mol. The number of nitrogens with zero attached hydrogens (tertiary/aromatic N) is 3. The van der Waals surface area contributed by atoms with E-state index in [9.17, 15) is 14.7 Å². The first-order valence-electron chi connectivity index (χ1n) is 8.66. The minimum Gasteiger partial charge on any atom is -0.444 e. The molecule has 0 aromatic rings. The SMILES string of the molecule is CN1CCC(N(C)CC2(O)CCCN(C(=O)OC(C)(C)C)C2)C1=O. The standard InChI is InChI=1S/C17H31N3O4/c1-16(2,3)24-15(22)20-9-6-8-17(23,12-20)11-19(5)13-7-10-18(4)14(13)21/h13,23H,6-12H2,1-5H3. The monoisotopic (exact) mass is 341 g/mol. The molecule has 0 bridgehead atoms. The van der Waals surface area contributed by atoms with Crippen LogP contribution in [0.1, 0.15) is 40.0 Å². The molecule has 2 fully saturated rings. The van der Waals surface area contributed by atoms with E-state index in [1.54, 1.807) is 16.8 Å². The van der Waals surface area contributed by atoms with Gasteiger partial charge in [0.05, 0.1) is 18.2 Å². The Balaban J connectivity index is 1.96. The van der Waals surface area contributed by atoms with E-state index >= 15 is 0 Å². The average Bonchev–Trinajstić information content (AvgIpc) is 2.76. The van der Waals surface area contributed by atoms with Gasteiger partial charge in [-0.2, -0.15) is 0 Å². The van der Waals surface area contributed by atoms with Crippen molar-refractivity contribution in [1.29, 1.82) is 0 Å². The lowest BCUT2D eigenvalue weighted by Gasteiger charge is -2.42. The molecule has 24 heavy (non-hydrogen) atoms. The molecule has 0 radical (unpaired) electrons. The van der Waals surface area contributed by atoms with Crippen LogP contribution >= 0.6 is 0 Å². The molecule has 2 rings (SSSR count). The van der Waals surface area contributed by atoms with Crippen molar-refractivity contribution >= 4 is 12.0 Å². The highest BCUT2D eigenvalue weighted by Gasteiger charge is 2.41. The van der Waals surface area contributed by atoms with Crippen LogP contribution in [0.5, 0.6) is 0 Å². The van der Waals surface area contributed by atoms with Gasteiger partial charge in [-0.15, -0.1) is 0 Å². The number of aliphatic hydroxyl groups is 1. The van der Waals surface area contributed by atoms with E-state index < -0.39 is 11.2 Å². The molecule has 0 aromatic carbocycles. The smallest absolute Gasteiger partial charge is 0.410 e. The molecular formula is C17H31N3O4. The van der Waals surface area contributed by atoms with Crippen molar-refractivity contribution in [1.82, 2.24) is 14.7 Å². The number of β-amino-alcohol motifs (C(OH)–C–C–N with tert-alkyl or cyclic N) is 1. The summed E-state index contributed by atoms with van der Waals surface area (Å²) in [6, 6.07) is -0.184. The van der Waals surface area contributed by atoms with Crippen molar-refractivity contribution in [2.24, 2.45) is 0 Å². The molecule has 0 spiro atoms. The van der Waals surface area contributed by atoms with Gasteiger partial charge in [-0.3, -0.25) is 9.69 Å². The van der Waals surface area contributed by atoms with Crippen molar-refractivity contribution in [3.63, 3.8) is 0 Å². The van der Waals surface area contributed by atoms with Crippen LogP contribution in [0.2, 0.25) is 0 Å². The zero-order valence-electron chi connectivity index (χ0n) is 15.5. The summed E-state index contributed by atoms with van der Waals surface area (Å²) >= 11 is 0. The first-order valence-corrected chi connectivity index (χ1v) is 8.66. The molecule has 2 heterocycles. The zero-order chi connectivity index (χ0) is 18.1. The molecule has 0 saturated carbocycles. The molecular weight excluding hydrogens is 310 g/mol. The minimum absolute atomic E-state index is 0.0981. The number of piperidine rings is 1. The van der Waals surface area contributed by atoms with Gasteiger partial charge < -0.3 is 19.6 Å². The van der Waals surface area contributed by atoms with E-state index in [4.69, 9.17) is 4.74 Å². The van der Waals surface area contributed by atoms with Gasteiger partial charge in [0.1, 0.15) is 5.60 Å². The summed E-state index contributed by atoms with van der Waals surface area (Å²) in [7, 11) is 3.67. The Morgan fingerprint density at radius 1 is 1.42 bits per heavy atom. The van der Waals surface area contributed by atoms with E-state index in [1.165, 1.54) is 0 Å². The number of likely N-dealkylation sites (N-methyl/N-ethyl adjacent to an activating group) is 2. The van der Waals surface area contributed by atoms with Crippen LogP contribution in [0.3, 0.4) is 0 Å². The molecule has 2 saturated heterocycles. The first-order chi connectivity index (χ1) is 11.0. The molecule has 2 aliphatic heterocycles. The molecule has 1 N–H and O–H groups in total. The Bertz CT molecular complexity index is 491. The van der Waals surface area contributed by atoms with E-state index in [0.29, 0.717) is 19.5 Å². The Kier molecular flexibility index (Phi) is 5.44. The molecule has 2 atom stereocenters. The normalized spacial score (nSPS) is 28.6. The van der Waals surface area contributed by atoms with Crippen LogP contribution in [0.15, 0.2) is 0 Å². The van der Waals surface area contributed by atoms with Gasteiger partial charge in [0.25, 0.3) is 0 Å². The first kappa shape index (κ1) is 19.0. The van der Waals surface area contributed by atoms with Crippen molar-refractivity contribution in [3.05, 3.63) is 0 Å². The number of rotatable bonds is 3. The van der Waals surface area contributed by atoms with E-state index in [1.807, 2.05) is 32.7 Å². The van der Waals surface area contributed by atoms with Gasteiger partial charge in [0.15, 0.2) is 0 Å². The summed E-state index contributed by atoms with van der Waals surface area (Å²) in [6.07, 6.45) is 1.73. The maximum Gasteiger partial charge on any atom is 0.410 e. The van der Waals surface area contributed by atoms with Crippen molar-refractivity contribution < 1.29 is 19.4 Å². The highest BCUT2D eigenvalue weighted by molar-refractivity contribution is 5.83. The number of likely N-dealkylation sites (tertiary alicyclic amines) is 2. The fourth-order valence-electron chi connectivity index (χ4n) is 3.51. The largest absolute Gasteiger partial charge is 0.444 e. The van der Waals surface area contributed by atoms with Crippen LogP contribution in [0.4, 0.5) is 4.79 Å². The topological polar surface area (TPSA) is 73.3 Å². The number of carbonyl (C=O) groups is 2. The zero-order valence-corrected chi connectivity index (χ0v) is 15.5. The lowest BCUT2D eigenvalue weighted by molar-refractivity contribution is -0.132. The second kappa shape index (κ2) is 6.88. The fourth-order valence-corrected chi connectivity index (χ4v) is 3.51. The maximum absolute atomic E-state index is 12.3. The quantitative estimate of drug-likeness (QED) is 0.826. The number of amides is 2. The van der Waals surface area contributed by atoms with Crippen LogP contribution in [-0.2, 0) is 9.53 Å². The second-order valence-electron chi connectivity index (χ2n) is 8.21. The fraction of sp³-hybridized carbons (Fsp3) is 0.882. The summed E-state index contributed by atoms with van der Waals surface area (Å²) in [6.45, 7) is 7.44. The maximum atomic E-state index is 12.3. The summed E-state index contributed by atoms with van der Waals surface area (Å²) in [5.74, 6) is 0.0981. The number of carbonyl (C=O) groups excluding carboxylic acids is 2. The number of ether oxygens (including phenoxy) is 1. The second-order valence-corrected chi connectivity index (χ2v) is 8.21. The predicted octanol–water partition coefficient (Wildman–Crippen LogP) is 0.911. The minimum atomic E-state index is -1.01. The van der Waals surface area contributed by atoms with Crippen LogP contribution in [-0.4, -0.2) is 89.3 Å². The van der Waals surface area contributed by atoms with Crippen molar-refractivity contribution in [2.45, 2.75) is 57.3 Å². The summed E-state index contributed by atoms with van der Waals surface area (Å²) < 4.78 is 5.41. The lowest BCUT2D eigenvalue weighted by Crippen LogP contribution is -2.57. The molecule has 138 valence electrons. The molecule has 2 unspecified atom stereocenters. The highest BCUT2D eigenvalue weighted by atomic mass is 16.6. The average molecular weight is 341 g/mol. The summed E-state index contributed by atoms with van der Waals surface area (Å²) in [5.41, 5.74) is -1.56. The third-order valence-corrected chi connectivity index (χ3v) is 4.68. The molecule has 0 aliphatic carbocycles. The van der Waals surface area contributed by atoms with Gasteiger partial charge in [-0.1, -0.05) is 0 Å². The Labute approximate surface area is 144 Å². The lowest BCUT2D eigenvalue weighted by atomic mass is 9.92. The Morgan fingerprint density at radius 3 is 2.62 bits per heavy atom. The van der Waals surface area contributed by atoms with Crippen molar-refractivity contribution in [3.8, 4) is 0 Å². The van der Waals surface area contributed by atoms with Crippen molar-refractivity contribution in [2.75, 3.05) is 40.3 Å². The third-order valence-electron chi connectivity index (χ3n) is 4.68. The molecule has 2 aliphatic rings. The summed E-state index contributed by atoms with van der Waals surface area (Å²) in [4.78, 5) is 29.6. The van der Waals surface area contributed by atoms with Gasteiger partial charge in [-0.25, -0.2) is 4.79 Å². The summed E-state index contributed by atoms with van der Waals surface area (Å²) in [5, 5.41) is 11.0. The third kappa shape index (κ3) is 4.60. The van der Waals surface area contributed by atoms with Crippen LogP contribution in [0, 0.1) is 0 Å². The van der Waals surface area contributed by atoms with E-state index in [0.717, 1.165) is 19.4 Å². The Morgan fingerprint density at radius 2 is 2.08 bits per heavy atom. The van der Waals surface area contributed by atoms with Gasteiger partial charge in [0, 0.05) is 26.7 Å². The molecule has 0 aromatic heterocycles. The Hall–Kier alpha value is -1.34. The molecule has 7 nitrogen and oxygen atoms in total. The number of hydrogen-bond donors (Lipinski definition) is 1. The molecule has 7 heteroatoms. The van der Waals surface area contributed by atoms with Crippen LogP contribution < -0.4 is 0 Å². The van der Waals surface area contributed by atoms with E-state index in [-0.39, 0.29) is 24.6 Å². The molecule has 2 amide bonds. The number of hydrogen-bond acceptors (Lipinski definition) is 5. The van der Waals surface area contributed by atoms with Gasteiger partial charge >= 0.3 is 6.09 Å². The van der Waals surface area contributed by atoms with Crippen LogP contribution in [0.25, 0.3) is 0 Å². The highest BCUT2D eigenvalue weighted by Crippen LogP contribution is 2.26. The van der Waals surface area contributed by atoms with Gasteiger partial charge in [-0.05, 0) is 47.1 Å². The van der Waals surface area contributed by atoms with Gasteiger partial charge in [0.2, 0.25) is 5.91 Å². The van der Waals surface area contributed by atoms with E-state index in [2.05, 4.69) is 0 Å².